The molecule has 0 radical (unpaired) electrons. The first-order valence-electron chi connectivity index (χ1n) is 10.7. The van der Waals surface area contributed by atoms with Gasteiger partial charge in [0.2, 0.25) is 11.1 Å². The van der Waals surface area contributed by atoms with Crippen molar-refractivity contribution < 1.29 is 4.79 Å². The summed E-state index contributed by atoms with van der Waals surface area (Å²) < 4.78 is 1.74. The summed E-state index contributed by atoms with van der Waals surface area (Å²) in [6, 6.07) is 20.7. The molecule has 9 heteroatoms. The molecule has 2 aromatic carbocycles. The van der Waals surface area contributed by atoms with E-state index in [1.54, 1.807) is 29.2 Å². The number of allylic oxidation sites excluding steroid dienone is 1. The highest BCUT2D eigenvalue weighted by molar-refractivity contribution is 7.98. The molecule has 3 heterocycles. The van der Waals surface area contributed by atoms with E-state index in [9.17, 15) is 4.79 Å². The molecule has 0 spiro atoms. The van der Waals surface area contributed by atoms with E-state index < -0.39 is 6.04 Å². The number of halogens is 1. The fourth-order valence-corrected chi connectivity index (χ4v) is 4.85. The highest BCUT2D eigenvalue weighted by Crippen LogP contribution is 2.39. The molecule has 0 saturated heterocycles. The lowest BCUT2D eigenvalue weighted by atomic mass is 9.95. The lowest BCUT2D eigenvalue weighted by Crippen LogP contribution is -2.31. The molecule has 1 aliphatic rings. The number of rotatable bonds is 6. The van der Waals surface area contributed by atoms with Crippen molar-refractivity contribution in [3.63, 3.8) is 0 Å². The highest BCUT2D eigenvalue weighted by Gasteiger charge is 2.35. The largest absolute Gasteiger partial charge is 0.328 e. The van der Waals surface area contributed by atoms with Gasteiger partial charge in [-0.05, 0) is 30.7 Å². The van der Waals surface area contributed by atoms with Crippen LogP contribution in [-0.2, 0) is 10.5 Å². The van der Waals surface area contributed by atoms with Gasteiger partial charge in [0.1, 0.15) is 6.04 Å². The zero-order chi connectivity index (χ0) is 23.5. The number of thioether (sulfide) groups is 1. The smallest absolute Gasteiger partial charge is 0.255 e. The fourth-order valence-electron chi connectivity index (χ4n) is 3.83. The minimum atomic E-state index is -0.541. The Balaban J connectivity index is 1.51. The molecule has 2 N–H and O–H groups in total. The van der Waals surface area contributed by atoms with Gasteiger partial charge in [-0.15, -0.1) is 5.10 Å². The minimum Gasteiger partial charge on any atom is -0.328 e. The van der Waals surface area contributed by atoms with Crippen LogP contribution in [0.5, 0.6) is 0 Å². The Morgan fingerprint density at radius 3 is 2.68 bits per heavy atom. The Labute approximate surface area is 206 Å². The Kier molecular flexibility index (Phi) is 6.33. The Morgan fingerprint density at radius 1 is 1.12 bits per heavy atom. The van der Waals surface area contributed by atoms with Gasteiger partial charge in [0.15, 0.2) is 0 Å². The molecule has 7 nitrogen and oxygen atoms in total. The number of amides is 1. The second-order valence-corrected chi connectivity index (χ2v) is 9.07. The van der Waals surface area contributed by atoms with E-state index >= 15 is 0 Å². The van der Waals surface area contributed by atoms with Crippen LogP contribution in [0, 0.1) is 0 Å². The molecule has 1 aliphatic heterocycles. The maximum Gasteiger partial charge on any atom is 0.255 e. The number of hydrogen-bond donors (Lipinski definition) is 2. The molecular weight excluding hydrogens is 468 g/mol. The summed E-state index contributed by atoms with van der Waals surface area (Å²) >= 11 is 8.14. The number of carbonyl (C=O) groups is 1. The highest BCUT2D eigenvalue weighted by atomic mass is 35.5. The van der Waals surface area contributed by atoms with E-state index in [-0.39, 0.29) is 5.91 Å². The second kappa shape index (κ2) is 9.70. The van der Waals surface area contributed by atoms with Gasteiger partial charge in [-0.3, -0.25) is 9.78 Å². The molecule has 1 atom stereocenters. The molecule has 4 aromatic rings. The average molecular weight is 489 g/mol. The van der Waals surface area contributed by atoms with Gasteiger partial charge in [0, 0.05) is 28.2 Å². The predicted molar refractivity (Wildman–Crippen MR) is 135 cm³/mol. The van der Waals surface area contributed by atoms with Crippen LogP contribution >= 0.6 is 23.4 Å². The minimum absolute atomic E-state index is 0.262. The van der Waals surface area contributed by atoms with Gasteiger partial charge in [0.05, 0.1) is 17.5 Å². The third kappa shape index (κ3) is 4.55. The molecule has 0 saturated carbocycles. The maximum atomic E-state index is 13.5. The first-order chi connectivity index (χ1) is 16.6. The number of anilines is 2. The second-order valence-electron chi connectivity index (χ2n) is 7.72. The van der Waals surface area contributed by atoms with Crippen molar-refractivity contribution in [2.75, 3.05) is 10.6 Å². The number of aromatic nitrogens is 4. The summed E-state index contributed by atoms with van der Waals surface area (Å²) in [7, 11) is 0. The van der Waals surface area contributed by atoms with Crippen molar-refractivity contribution >= 4 is 40.9 Å². The van der Waals surface area contributed by atoms with E-state index in [0.29, 0.717) is 33.1 Å². The molecule has 1 amide bonds. The zero-order valence-corrected chi connectivity index (χ0v) is 19.8. The number of nitrogens with zero attached hydrogens (tertiary/aromatic N) is 4. The maximum absolute atomic E-state index is 13.5. The van der Waals surface area contributed by atoms with E-state index in [4.69, 9.17) is 16.7 Å². The number of nitrogens with one attached hydrogen (secondary N) is 2. The van der Waals surface area contributed by atoms with E-state index in [1.165, 1.54) is 17.3 Å². The quantitative estimate of drug-likeness (QED) is 0.346. The molecule has 0 fully saturated rings. The van der Waals surface area contributed by atoms with Crippen LogP contribution in [-0.4, -0.2) is 25.7 Å². The standard InChI is InChI=1S/C25H21ClN6OS/c1-16-21(23(33)29-18-10-7-13-27-14-18)22(19-11-5-6-12-20(19)26)32-24(28-16)30-25(31-32)34-15-17-8-3-2-4-9-17/h2-14,22H,15H2,1H3,(H,29,33)(H,28,30,31). The fraction of sp³-hybridized carbons (Fsp3) is 0.120. The molecule has 1 unspecified atom stereocenters. The van der Waals surface area contributed by atoms with Crippen molar-refractivity contribution in [2.45, 2.75) is 23.9 Å². The molecule has 0 aliphatic carbocycles. The van der Waals surface area contributed by atoms with Gasteiger partial charge in [-0.25, -0.2) is 4.68 Å². The lowest BCUT2D eigenvalue weighted by Gasteiger charge is -2.29. The van der Waals surface area contributed by atoms with Gasteiger partial charge >= 0.3 is 0 Å². The summed E-state index contributed by atoms with van der Waals surface area (Å²) in [5.41, 5.74) is 3.75. The SMILES string of the molecule is CC1=C(C(=O)Nc2cccnc2)C(c2ccccc2Cl)n2nc(SCc3ccccc3)nc2N1. The summed E-state index contributed by atoms with van der Waals surface area (Å²) in [5, 5.41) is 12.1. The molecule has 2 aromatic heterocycles. The van der Waals surface area contributed by atoms with Crippen LogP contribution in [0.1, 0.15) is 24.1 Å². The van der Waals surface area contributed by atoms with Crippen molar-refractivity contribution in [1.82, 2.24) is 19.7 Å². The number of hydrogen-bond acceptors (Lipinski definition) is 6. The number of pyridine rings is 1. The number of carbonyl (C=O) groups excluding carboxylic acids is 1. The van der Waals surface area contributed by atoms with Gasteiger partial charge in [0.25, 0.3) is 5.91 Å². The van der Waals surface area contributed by atoms with Crippen molar-refractivity contribution in [3.8, 4) is 0 Å². The van der Waals surface area contributed by atoms with Crippen LogP contribution in [0.3, 0.4) is 0 Å². The summed E-state index contributed by atoms with van der Waals surface area (Å²) in [6.45, 7) is 1.86. The topological polar surface area (TPSA) is 84.7 Å². The zero-order valence-electron chi connectivity index (χ0n) is 18.3. The van der Waals surface area contributed by atoms with Crippen molar-refractivity contribution in [2.24, 2.45) is 0 Å². The summed E-state index contributed by atoms with van der Waals surface area (Å²) in [4.78, 5) is 22.2. The molecule has 0 bridgehead atoms. The third-order valence-corrected chi connectivity index (χ3v) is 6.66. The average Bonchev–Trinajstić information content (AvgIpc) is 3.26. The Bertz CT molecular complexity index is 1360. The number of benzene rings is 2. The Morgan fingerprint density at radius 2 is 1.91 bits per heavy atom. The van der Waals surface area contributed by atoms with Gasteiger partial charge in [-0.2, -0.15) is 4.98 Å². The van der Waals surface area contributed by atoms with Crippen LogP contribution < -0.4 is 10.6 Å². The van der Waals surface area contributed by atoms with Crippen LogP contribution in [0.15, 0.2) is 95.6 Å². The van der Waals surface area contributed by atoms with E-state index in [2.05, 4.69) is 32.7 Å². The van der Waals surface area contributed by atoms with Crippen LogP contribution in [0.2, 0.25) is 5.02 Å². The molecular formula is C25H21ClN6OS. The van der Waals surface area contributed by atoms with Crippen LogP contribution in [0.25, 0.3) is 0 Å². The first kappa shape index (κ1) is 22.2. The Hall–Kier alpha value is -3.62. The van der Waals surface area contributed by atoms with Gasteiger partial charge in [-0.1, -0.05) is 71.9 Å². The summed E-state index contributed by atoms with van der Waals surface area (Å²) in [6.07, 6.45) is 3.26. The lowest BCUT2D eigenvalue weighted by molar-refractivity contribution is -0.113. The monoisotopic (exact) mass is 488 g/mol. The van der Waals surface area contributed by atoms with Crippen molar-refractivity contribution in [1.29, 1.82) is 0 Å². The normalized spacial score (nSPS) is 14.9. The third-order valence-electron chi connectivity index (χ3n) is 5.41. The molecule has 170 valence electrons. The summed E-state index contributed by atoms with van der Waals surface area (Å²) in [5.74, 6) is 1.04. The van der Waals surface area contributed by atoms with Gasteiger partial charge < -0.3 is 10.6 Å². The molecule has 5 rings (SSSR count). The van der Waals surface area contributed by atoms with E-state index in [0.717, 1.165) is 11.3 Å². The number of fused-ring (bicyclic) bond motifs is 1. The first-order valence-corrected chi connectivity index (χ1v) is 12.0. The van der Waals surface area contributed by atoms with Crippen molar-refractivity contribution in [3.05, 3.63) is 107 Å². The van der Waals surface area contributed by atoms with E-state index in [1.807, 2.05) is 49.4 Å². The van der Waals surface area contributed by atoms with Crippen LogP contribution in [0.4, 0.5) is 11.6 Å². The predicted octanol–water partition coefficient (Wildman–Crippen LogP) is 5.55. The molecule has 34 heavy (non-hydrogen) atoms.